The van der Waals surface area contributed by atoms with Crippen LogP contribution in [0.2, 0.25) is 5.02 Å². The molecule has 1 aromatic carbocycles. The second kappa shape index (κ2) is 6.06. The average molecular weight is 280 g/mol. The minimum Gasteiger partial charge on any atom is -0.297 e. The van der Waals surface area contributed by atoms with Crippen LogP contribution in [0.3, 0.4) is 0 Å². The largest absolute Gasteiger partial charge is 0.297 e. The molecule has 1 unspecified atom stereocenters. The molecule has 1 aliphatic rings. The van der Waals surface area contributed by atoms with E-state index in [1.807, 2.05) is 24.3 Å². The van der Waals surface area contributed by atoms with Crippen molar-refractivity contribution in [2.24, 2.45) is 0 Å². The van der Waals surface area contributed by atoms with Crippen molar-refractivity contribution < 1.29 is 4.79 Å². The molecule has 19 heavy (non-hydrogen) atoms. The Kier molecular flexibility index (Phi) is 4.64. The molecular formula is C16H22ClNO. The van der Waals surface area contributed by atoms with Crippen LogP contribution in [0.1, 0.15) is 38.7 Å². The number of nitrogens with zero attached hydrogens (tertiary/aromatic N) is 1. The predicted molar refractivity (Wildman–Crippen MR) is 79.7 cm³/mol. The van der Waals surface area contributed by atoms with Crippen molar-refractivity contribution in [1.29, 1.82) is 0 Å². The van der Waals surface area contributed by atoms with Crippen LogP contribution in [0, 0.1) is 0 Å². The molecule has 1 fully saturated rings. The Morgan fingerprint density at radius 1 is 1.26 bits per heavy atom. The number of carbonyl (C=O) groups excluding carboxylic acids is 1. The lowest BCUT2D eigenvalue weighted by Gasteiger charge is -2.36. The van der Waals surface area contributed by atoms with Crippen molar-refractivity contribution in [3.63, 3.8) is 0 Å². The number of likely N-dealkylation sites (tertiary alicyclic amines) is 1. The molecule has 0 saturated carbocycles. The molecule has 104 valence electrons. The summed E-state index contributed by atoms with van der Waals surface area (Å²) >= 11 is 5.88. The van der Waals surface area contributed by atoms with Gasteiger partial charge in [0, 0.05) is 11.4 Å². The fourth-order valence-electron chi connectivity index (χ4n) is 2.79. The Labute approximate surface area is 120 Å². The van der Waals surface area contributed by atoms with Crippen LogP contribution < -0.4 is 0 Å². The molecule has 0 amide bonds. The number of hydrogen-bond acceptors (Lipinski definition) is 2. The Hall–Kier alpha value is -0.860. The highest BCUT2D eigenvalue weighted by atomic mass is 35.5. The number of hydrogen-bond donors (Lipinski definition) is 0. The van der Waals surface area contributed by atoms with Crippen molar-refractivity contribution in [3.05, 3.63) is 34.9 Å². The predicted octanol–water partition coefficient (Wildman–Crippen LogP) is 3.72. The van der Waals surface area contributed by atoms with Gasteiger partial charge in [0.15, 0.2) is 5.78 Å². The molecule has 2 rings (SSSR count). The molecular weight excluding hydrogens is 258 g/mol. The first-order valence-electron chi connectivity index (χ1n) is 7.09. The first kappa shape index (κ1) is 14.5. The zero-order chi connectivity index (χ0) is 13.9. The van der Waals surface area contributed by atoms with Gasteiger partial charge in [-0.05, 0) is 57.0 Å². The van der Waals surface area contributed by atoms with Gasteiger partial charge >= 0.3 is 0 Å². The number of ketones is 1. The maximum Gasteiger partial charge on any atom is 0.157 e. The van der Waals surface area contributed by atoms with Crippen LogP contribution in [0.25, 0.3) is 0 Å². The minimum atomic E-state index is -0.309. The summed E-state index contributed by atoms with van der Waals surface area (Å²) < 4.78 is 0. The first-order chi connectivity index (χ1) is 9.06. The SMILES string of the molecule is CCC(C)(C(=O)Cc1ccc(Cl)cc1)N1CCCC1. The topological polar surface area (TPSA) is 20.3 Å². The molecule has 0 spiro atoms. The Morgan fingerprint density at radius 2 is 1.84 bits per heavy atom. The van der Waals surface area contributed by atoms with Crippen LogP contribution in [0.15, 0.2) is 24.3 Å². The number of Topliss-reactive ketones (excluding diaryl/α,β-unsaturated/α-hetero) is 1. The third kappa shape index (κ3) is 3.18. The van der Waals surface area contributed by atoms with Crippen molar-refractivity contribution in [2.45, 2.75) is 45.1 Å². The lowest BCUT2D eigenvalue weighted by atomic mass is 9.87. The molecule has 0 aromatic heterocycles. The molecule has 1 atom stereocenters. The average Bonchev–Trinajstić information content (AvgIpc) is 2.95. The molecule has 2 nitrogen and oxygen atoms in total. The van der Waals surface area contributed by atoms with E-state index in [9.17, 15) is 4.79 Å². The van der Waals surface area contributed by atoms with Gasteiger partial charge in [-0.3, -0.25) is 9.69 Å². The summed E-state index contributed by atoms with van der Waals surface area (Å²) in [7, 11) is 0. The fourth-order valence-corrected chi connectivity index (χ4v) is 2.91. The third-order valence-electron chi connectivity index (χ3n) is 4.37. The van der Waals surface area contributed by atoms with E-state index in [2.05, 4.69) is 18.7 Å². The highest BCUT2D eigenvalue weighted by molar-refractivity contribution is 6.30. The van der Waals surface area contributed by atoms with E-state index < -0.39 is 0 Å². The van der Waals surface area contributed by atoms with Crippen LogP contribution in [0.5, 0.6) is 0 Å². The third-order valence-corrected chi connectivity index (χ3v) is 4.62. The highest BCUT2D eigenvalue weighted by Gasteiger charge is 2.38. The van der Waals surface area contributed by atoms with Gasteiger partial charge in [-0.25, -0.2) is 0 Å². The van der Waals surface area contributed by atoms with Gasteiger partial charge in [-0.2, -0.15) is 0 Å². The molecule has 1 heterocycles. The molecule has 1 saturated heterocycles. The van der Waals surface area contributed by atoms with Gasteiger partial charge in [0.25, 0.3) is 0 Å². The fraction of sp³-hybridized carbons (Fsp3) is 0.562. The van der Waals surface area contributed by atoms with Gasteiger partial charge in [0.05, 0.1) is 5.54 Å². The maximum atomic E-state index is 12.7. The number of rotatable bonds is 5. The summed E-state index contributed by atoms with van der Waals surface area (Å²) in [4.78, 5) is 15.0. The van der Waals surface area contributed by atoms with Crippen molar-refractivity contribution in [1.82, 2.24) is 4.90 Å². The summed E-state index contributed by atoms with van der Waals surface area (Å²) in [5.41, 5.74) is 0.740. The second-order valence-electron chi connectivity index (χ2n) is 5.55. The van der Waals surface area contributed by atoms with E-state index in [0.717, 1.165) is 25.1 Å². The number of benzene rings is 1. The molecule has 0 N–H and O–H groups in total. The van der Waals surface area contributed by atoms with Crippen LogP contribution in [-0.4, -0.2) is 29.3 Å². The van der Waals surface area contributed by atoms with Crippen molar-refractivity contribution in [2.75, 3.05) is 13.1 Å². The van der Waals surface area contributed by atoms with Crippen LogP contribution >= 0.6 is 11.6 Å². The van der Waals surface area contributed by atoms with Crippen LogP contribution in [-0.2, 0) is 11.2 Å². The van der Waals surface area contributed by atoms with Crippen LogP contribution in [0.4, 0.5) is 0 Å². The minimum absolute atomic E-state index is 0.309. The lowest BCUT2D eigenvalue weighted by molar-refractivity contribution is -0.129. The molecule has 0 bridgehead atoms. The van der Waals surface area contributed by atoms with Gasteiger partial charge in [0.1, 0.15) is 0 Å². The number of carbonyl (C=O) groups is 1. The van der Waals surface area contributed by atoms with Gasteiger partial charge in [0.2, 0.25) is 0 Å². The highest BCUT2D eigenvalue weighted by Crippen LogP contribution is 2.27. The van der Waals surface area contributed by atoms with E-state index in [1.54, 1.807) is 0 Å². The Morgan fingerprint density at radius 3 is 2.37 bits per heavy atom. The van der Waals surface area contributed by atoms with E-state index in [4.69, 9.17) is 11.6 Å². The lowest BCUT2D eigenvalue weighted by Crippen LogP contribution is -2.51. The summed E-state index contributed by atoms with van der Waals surface area (Å²) in [5, 5.41) is 0.717. The smallest absolute Gasteiger partial charge is 0.157 e. The Bertz CT molecular complexity index is 437. The summed E-state index contributed by atoms with van der Waals surface area (Å²) in [6.45, 7) is 6.31. The normalized spacial score (nSPS) is 19.3. The van der Waals surface area contributed by atoms with E-state index in [0.29, 0.717) is 17.2 Å². The van der Waals surface area contributed by atoms with Crippen molar-refractivity contribution in [3.8, 4) is 0 Å². The van der Waals surface area contributed by atoms with Crippen molar-refractivity contribution >= 4 is 17.4 Å². The molecule has 3 heteroatoms. The summed E-state index contributed by atoms with van der Waals surface area (Å²) in [6, 6.07) is 7.59. The molecule has 1 aromatic rings. The standard InChI is InChI=1S/C16H22ClNO/c1-3-16(2,18-10-4-5-11-18)15(19)12-13-6-8-14(17)9-7-13/h6-9H,3-5,10-12H2,1-2H3. The van der Waals surface area contributed by atoms with E-state index >= 15 is 0 Å². The van der Waals surface area contributed by atoms with Gasteiger partial charge in [-0.15, -0.1) is 0 Å². The molecule has 0 aliphatic carbocycles. The van der Waals surface area contributed by atoms with Gasteiger partial charge < -0.3 is 0 Å². The van der Waals surface area contributed by atoms with Gasteiger partial charge in [-0.1, -0.05) is 30.7 Å². The maximum absolute atomic E-state index is 12.7. The Balaban J connectivity index is 2.10. The zero-order valence-electron chi connectivity index (χ0n) is 11.8. The van der Waals surface area contributed by atoms with E-state index in [1.165, 1.54) is 12.8 Å². The van der Waals surface area contributed by atoms with E-state index in [-0.39, 0.29) is 5.54 Å². The number of halogens is 1. The quantitative estimate of drug-likeness (QED) is 0.819. The monoisotopic (exact) mass is 279 g/mol. The summed E-state index contributed by atoms with van der Waals surface area (Å²) in [6.07, 6.45) is 3.80. The first-order valence-corrected chi connectivity index (χ1v) is 7.47. The summed E-state index contributed by atoms with van der Waals surface area (Å²) in [5.74, 6) is 0.319. The zero-order valence-corrected chi connectivity index (χ0v) is 12.5. The molecule has 0 radical (unpaired) electrons. The second-order valence-corrected chi connectivity index (χ2v) is 5.98. The molecule has 1 aliphatic heterocycles.